The van der Waals surface area contributed by atoms with E-state index in [0.29, 0.717) is 51.3 Å². The van der Waals surface area contributed by atoms with E-state index in [2.05, 4.69) is 35.4 Å². The molecule has 0 atom stereocenters. The number of anilines is 4. The molecule has 0 amide bonds. The lowest BCUT2D eigenvalue weighted by atomic mass is 10.2. The Morgan fingerprint density at radius 1 is 1.00 bits per heavy atom. The molecule has 3 aromatic heterocycles. The lowest BCUT2D eigenvalue weighted by Gasteiger charge is -2.16. The highest BCUT2D eigenvalue weighted by molar-refractivity contribution is 7.93. The summed E-state index contributed by atoms with van der Waals surface area (Å²) >= 11 is 0. The van der Waals surface area contributed by atoms with E-state index in [1.807, 2.05) is 25.1 Å². The van der Waals surface area contributed by atoms with Gasteiger partial charge in [0.2, 0.25) is 0 Å². The van der Waals surface area contributed by atoms with E-state index < -0.39 is 10.0 Å². The number of rotatable bonds is 11. The fraction of sp³-hybridized carbons (Fsp3) is 0.286. The monoisotopic (exact) mass is 606 g/mol. The van der Waals surface area contributed by atoms with Crippen LogP contribution in [0.15, 0.2) is 52.0 Å². The molecule has 1 saturated carbocycles. The minimum absolute atomic E-state index is 0.0298. The van der Waals surface area contributed by atoms with E-state index >= 15 is 0 Å². The quantitative estimate of drug-likeness (QED) is 0.192. The highest BCUT2D eigenvalue weighted by Crippen LogP contribution is 2.42. The Labute approximate surface area is 247 Å². The summed E-state index contributed by atoms with van der Waals surface area (Å²) in [5, 5.41) is 15.0. The number of aromatic amines is 1. The number of benzene rings is 2. The van der Waals surface area contributed by atoms with E-state index in [1.54, 1.807) is 24.4 Å². The number of nitrogens with one attached hydrogen (secondary N) is 3. The molecule has 14 nitrogen and oxygen atoms in total. The normalized spacial score (nSPS) is 13.1. The van der Waals surface area contributed by atoms with Gasteiger partial charge in [-0.1, -0.05) is 5.16 Å². The molecular weight excluding hydrogens is 576 g/mol. The van der Waals surface area contributed by atoms with Gasteiger partial charge in [-0.2, -0.15) is 5.10 Å². The van der Waals surface area contributed by atoms with Crippen LogP contribution in [-0.4, -0.2) is 69.2 Å². The van der Waals surface area contributed by atoms with Crippen molar-refractivity contribution in [3.8, 4) is 28.6 Å². The van der Waals surface area contributed by atoms with Crippen LogP contribution in [-0.2, 0) is 10.0 Å². The molecule has 5 aromatic rings. The molecule has 2 aromatic carbocycles. The third-order valence-electron chi connectivity index (χ3n) is 6.99. The van der Waals surface area contributed by atoms with Crippen LogP contribution < -0.4 is 29.1 Å². The van der Waals surface area contributed by atoms with Crippen LogP contribution in [0.4, 0.5) is 23.1 Å². The van der Waals surface area contributed by atoms with Crippen LogP contribution in [0.2, 0.25) is 0 Å². The molecule has 0 saturated heterocycles. The van der Waals surface area contributed by atoms with Gasteiger partial charge in [0.1, 0.15) is 23.1 Å². The van der Waals surface area contributed by atoms with Crippen LogP contribution in [0.5, 0.6) is 17.2 Å². The van der Waals surface area contributed by atoms with Gasteiger partial charge >= 0.3 is 0 Å². The number of ether oxygens (including phenoxy) is 3. The maximum Gasteiger partial charge on any atom is 0.270 e. The van der Waals surface area contributed by atoms with E-state index in [-0.39, 0.29) is 22.2 Å². The predicted octanol–water partition coefficient (Wildman–Crippen LogP) is 4.52. The van der Waals surface area contributed by atoms with E-state index in [9.17, 15) is 8.42 Å². The van der Waals surface area contributed by atoms with Crippen molar-refractivity contribution in [2.24, 2.45) is 0 Å². The summed E-state index contributed by atoms with van der Waals surface area (Å²) in [5.41, 5.74) is 2.49. The molecule has 15 heteroatoms. The molecule has 224 valence electrons. The van der Waals surface area contributed by atoms with Crippen molar-refractivity contribution in [3.63, 3.8) is 0 Å². The van der Waals surface area contributed by atoms with Gasteiger partial charge in [-0.25, -0.2) is 18.4 Å². The first-order valence-corrected chi connectivity index (χ1v) is 14.8. The first-order valence-electron chi connectivity index (χ1n) is 13.3. The number of sulfonamides is 1. The van der Waals surface area contributed by atoms with Crippen LogP contribution in [0.1, 0.15) is 24.5 Å². The highest BCUT2D eigenvalue weighted by atomic mass is 32.2. The van der Waals surface area contributed by atoms with Crippen LogP contribution >= 0.6 is 0 Å². The fourth-order valence-corrected chi connectivity index (χ4v) is 5.95. The lowest BCUT2D eigenvalue weighted by molar-refractivity contribution is 0.374. The number of fused-ring (bicyclic) bond motifs is 1. The van der Waals surface area contributed by atoms with Gasteiger partial charge < -0.3 is 29.0 Å². The zero-order chi connectivity index (χ0) is 30.3. The Hall–Kier alpha value is -5.05. The summed E-state index contributed by atoms with van der Waals surface area (Å²) in [6.45, 7) is 0. The van der Waals surface area contributed by atoms with Gasteiger partial charge in [0.05, 0.1) is 32.4 Å². The average Bonchev–Trinajstić information content (AvgIpc) is 3.64. The summed E-state index contributed by atoms with van der Waals surface area (Å²) in [6.07, 6.45) is 3.91. The van der Waals surface area contributed by atoms with E-state index in [4.69, 9.17) is 18.7 Å². The Kier molecular flexibility index (Phi) is 7.17. The van der Waals surface area contributed by atoms with E-state index in [1.165, 1.54) is 33.5 Å². The molecule has 1 fully saturated rings. The van der Waals surface area contributed by atoms with Crippen molar-refractivity contribution in [3.05, 3.63) is 48.3 Å². The molecular formula is C28H30N8O6S. The zero-order valence-electron chi connectivity index (χ0n) is 24.1. The first kappa shape index (κ1) is 28.1. The number of hydrogen-bond donors (Lipinski definition) is 3. The Morgan fingerprint density at radius 3 is 2.37 bits per heavy atom. The van der Waals surface area contributed by atoms with Gasteiger partial charge in [0, 0.05) is 49.6 Å². The maximum absolute atomic E-state index is 13.8. The molecule has 0 aliphatic heterocycles. The summed E-state index contributed by atoms with van der Waals surface area (Å²) < 4.78 is 52.1. The summed E-state index contributed by atoms with van der Waals surface area (Å²) in [4.78, 5) is 10.5. The zero-order valence-corrected chi connectivity index (χ0v) is 24.9. The minimum Gasteiger partial charge on any atom is -0.495 e. The second-order valence-electron chi connectivity index (χ2n) is 10.1. The molecule has 3 N–H and O–H groups in total. The number of methoxy groups -OCH3 is 3. The Bertz CT molecular complexity index is 1890. The Morgan fingerprint density at radius 2 is 1.72 bits per heavy atom. The standard InChI is InChI=1S/C28H30N8O6S/c1-36(2)25-8-9-29-27(31-25)16-10-22(40-4)26(23(11-16)41-5)43(37,38)35-28-17-12-21(39-3)19(13-20(17)42-34-28)30-24-14-18(32-33-24)15-6-7-15/h8-15H,6-7H2,1-5H3,(H,34,35)(H2,30,32,33). The minimum atomic E-state index is -4.30. The van der Waals surface area contributed by atoms with E-state index in [0.717, 1.165) is 18.5 Å². The molecule has 0 radical (unpaired) electrons. The number of hydrogen-bond acceptors (Lipinski definition) is 12. The lowest BCUT2D eigenvalue weighted by Crippen LogP contribution is -2.16. The maximum atomic E-state index is 13.8. The third kappa shape index (κ3) is 5.46. The van der Waals surface area contributed by atoms with Crippen molar-refractivity contribution in [1.29, 1.82) is 0 Å². The van der Waals surface area contributed by atoms with Crippen LogP contribution in [0.3, 0.4) is 0 Å². The van der Waals surface area contributed by atoms with Crippen molar-refractivity contribution < 1.29 is 27.2 Å². The Balaban J connectivity index is 1.33. The van der Waals surface area contributed by atoms with Gasteiger partial charge in [0.15, 0.2) is 27.9 Å². The summed E-state index contributed by atoms with van der Waals surface area (Å²) in [5.74, 6) is 2.66. The fourth-order valence-electron chi connectivity index (χ4n) is 4.64. The number of nitrogens with zero attached hydrogens (tertiary/aromatic N) is 5. The van der Waals surface area contributed by atoms with Gasteiger partial charge in [-0.3, -0.25) is 9.82 Å². The van der Waals surface area contributed by atoms with Crippen molar-refractivity contribution in [1.82, 2.24) is 25.3 Å². The largest absolute Gasteiger partial charge is 0.495 e. The van der Waals surface area contributed by atoms with Crippen molar-refractivity contribution >= 4 is 44.1 Å². The second-order valence-corrected chi connectivity index (χ2v) is 11.8. The van der Waals surface area contributed by atoms with Crippen molar-refractivity contribution in [2.75, 3.05) is 50.4 Å². The SMILES string of the molecule is COc1cc2c(NS(=O)(=O)c3c(OC)cc(-c4nccc(N(C)C)n4)cc3OC)noc2cc1Nc1cc(C2CC2)[nH]n1. The van der Waals surface area contributed by atoms with Gasteiger partial charge in [-0.05, 0) is 37.1 Å². The molecule has 6 rings (SSSR count). The molecule has 0 unspecified atom stereocenters. The number of H-pyrrole nitrogens is 1. The highest BCUT2D eigenvalue weighted by Gasteiger charge is 2.29. The molecule has 3 heterocycles. The average molecular weight is 607 g/mol. The van der Waals surface area contributed by atoms with Gasteiger partial charge in [0.25, 0.3) is 10.0 Å². The molecule has 1 aliphatic carbocycles. The summed E-state index contributed by atoms with van der Waals surface area (Å²) in [7, 11) is 3.67. The van der Waals surface area contributed by atoms with Crippen LogP contribution in [0.25, 0.3) is 22.4 Å². The smallest absolute Gasteiger partial charge is 0.270 e. The van der Waals surface area contributed by atoms with Crippen LogP contribution in [0, 0.1) is 0 Å². The first-order chi connectivity index (χ1) is 20.7. The molecule has 0 spiro atoms. The molecule has 0 bridgehead atoms. The topological polar surface area (TPSA) is 170 Å². The molecule has 1 aliphatic rings. The third-order valence-corrected chi connectivity index (χ3v) is 8.39. The van der Waals surface area contributed by atoms with Gasteiger partial charge in [-0.15, -0.1) is 0 Å². The summed E-state index contributed by atoms with van der Waals surface area (Å²) in [6, 6.07) is 10.1. The number of aromatic nitrogens is 5. The predicted molar refractivity (Wildman–Crippen MR) is 160 cm³/mol. The van der Waals surface area contributed by atoms with Crippen molar-refractivity contribution in [2.45, 2.75) is 23.7 Å². The molecule has 43 heavy (non-hydrogen) atoms. The second kappa shape index (κ2) is 11.0.